The molecule has 18 heavy (non-hydrogen) atoms. The number of likely N-dealkylation sites (N-methyl/N-ethyl adjacent to an activating group) is 4. The van der Waals surface area contributed by atoms with Crippen LogP contribution in [0.4, 0.5) is 0 Å². The van der Waals surface area contributed by atoms with E-state index in [1.54, 1.807) is 0 Å². The Morgan fingerprint density at radius 1 is 0.667 bits per heavy atom. The SMILES string of the molecule is CN(C)CCN(C)CC(O)CN(C)CCN(C)C. The highest BCUT2D eigenvalue weighted by atomic mass is 16.3. The average Bonchev–Trinajstić information content (AvgIpc) is 2.23. The minimum atomic E-state index is -0.274. The van der Waals surface area contributed by atoms with Crippen LogP contribution in [-0.2, 0) is 0 Å². The summed E-state index contributed by atoms with van der Waals surface area (Å²) in [7, 11) is 12.4. The standard InChI is InChI=1S/C13H32N4O/c1-14(2)7-9-16(5)11-13(18)12-17(6)10-8-15(3)4/h13,18H,7-12H2,1-6H3. The van der Waals surface area contributed by atoms with Crippen LogP contribution in [0.15, 0.2) is 0 Å². The van der Waals surface area contributed by atoms with Crippen molar-refractivity contribution in [1.82, 2.24) is 19.6 Å². The molecule has 0 aliphatic heterocycles. The summed E-state index contributed by atoms with van der Waals surface area (Å²) in [6.07, 6.45) is -0.274. The van der Waals surface area contributed by atoms with Crippen LogP contribution in [0.25, 0.3) is 0 Å². The van der Waals surface area contributed by atoms with Gasteiger partial charge in [-0.05, 0) is 42.3 Å². The highest BCUT2D eigenvalue weighted by Gasteiger charge is 2.11. The molecule has 0 saturated carbocycles. The predicted molar refractivity (Wildman–Crippen MR) is 78.1 cm³/mol. The van der Waals surface area contributed by atoms with Crippen LogP contribution >= 0.6 is 0 Å². The Morgan fingerprint density at radius 2 is 1.00 bits per heavy atom. The van der Waals surface area contributed by atoms with Gasteiger partial charge in [-0.1, -0.05) is 0 Å². The molecule has 5 heteroatoms. The third-order valence-electron chi connectivity index (χ3n) is 2.90. The monoisotopic (exact) mass is 260 g/mol. The maximum atomic E-state index is 10.0. The molecule has 110 valence electrons. The largest absolute Gasteiger partial charge is 0.390 e. The number of nitrogens with zero attached hydrogens (tertiary/aromatic N) is 4. The van der Waals surface area contributed by atoms with E-state index in [0.717, 1.165) is 39.3 Å². The van der Waals surface area contributed by atoms with E-state index in [9.17, 15) is 5.11 Å². The van der Waals surface area contributed by atoms with E-state index in [-0.39, 0.29) is 6.10 Å². The number of hydrogen-bond donors (Lipinski definition) is 1. The molecular formula is C13H32N4O. The zero-order chi connectivity index (χ0) is 14.1. The minimum Gasteiger partial charge on any atom is -0.390 e. The molecule has 0 fully saturated rings. The van der Waals surface area contributed by atoms with Gasteiger partial charge in [0.15, 0.2) is 0 Å². The van der Waals surface area contributed by atoms with Crippen LogP contribution in [0.5, 0.6) is 0 Å². The van der Waals surface area contributed by atoms with Crippen LogP contribution in [0.3, 0.4) is 0 Å². The lowest BCUT2D eigenvalue weighted by Crippen LogP contribution is -2.41. The van der Waals surface area contributed by atoms with Crippen molar-refractivity contribution in [3.63, 3.8) is 0 Å². The molecular weight excluding hydrogens is 228 g/mol. The summed E-state index contributed by atoms with van der Waals surface area (Å²) in [5.74, 6) is 0. The second kappa shape index (κ2) is 9.69. The van der Waals surface area contributed by atoms with Crippen molar-refractivity contribution < 1.29 is 5.11 Å². The quantitative estimate of drug-likeness (QED) is 0.564. The molecule has 0 spiro atoms. The van der Waals surface area contributed by atoms with Crippen LogP contribution in [-0.4, -0.2) is 112 Å². The molecule has 0 bridgehead atoms. The van der Waals surface area contributed by atoms with Crippen molar-refractivity contribution in [3.05, 3.63) is 0 Å². The number of hydrogen-bond acceptors (Lipinski definition) is 5. The van der Waals surface area contributed by atoms with E-state index in [4.69, 9.17) is 0 Å². The predicted octanol–water partition coefficient (Wildman–Crippen LogP) is -0.666. The lowest BCUT2D eigenvalue weighted by Gasteiger charge is -2.26. The first kappa shape index (κ1) is 17.8. The van der Waals surface area contributed by atoms with Crippen LogP contribution in [0.1, 0.15) is 0 Å². The lowest BCUT2D eigenvalue weighted by molar-refractivity contribution is 0.0868. The maximum absolute atomic E-state index is 10.0. The molecule has 0 aromatic carbocycles. The molecule has 0 rings (SSSR count). The van der Waals surface area contributed by atoms with Gasteiger partial charge in [-0.2, -0.15) is 0 Å². The summed E-state index contributed by atoms with van der Waals surface area (Å²) in [5, 5.41) is 10.0. The average molecular weight is 260 g/mol. The minimum absolute atomic E-state index is 0.274. The second-order valence-corrected chi connectivity index (χ2v) is 5.78. The Hall–Kier alpha value is -0.200. The zero-order valence-corrected chi connectivity index (χ0v) is 13.1. The summed E-state index contributed by atoms with van der Waals surface area (Å²) >= 11 is 0. The highest BCUT2D eigenvalue weighted by Crippen LogP contribution is 1.94. The molecule has 1 N–H and O–H groups in total. The van der Waals surface area contributed by atoms with E-state index in [1.807, 2.05) is 0 Å². The second-order valence-electron chi connectivity index (χ2n) is 5.78. The highest BCUT2D eigenvalue weighted by molar-refractivity contribution is 4.67. The van der Waals surface area contributed by atoms with E-state index in [2.05, 4.69) is 61.9 Å². The van der Waals surface area contributed by atoms with Crippen LogP contribution < -0.4 is 0 Å². The van der Waals surface area contributed by atoms with Crippen molar-refractivity contribution in [3.8, 4) is 0 Å². The summed E-state index contributed by atoms with van der Waals surface area (Å²) in [4.78, 5) is 8.69. The van der Waals surface area contributed by atoms with Gasteiger partial charge in [-0.15, -0.1) is 0 Å². The van der Waals surface area contributed by atoms with Crippen LogP contribution in [0, 0.1) is 0 Å². The van der Waals surface area contributed by atoms with Gasteiger partial charge in [0.05, 0.1) is 6.10 Å². The van der Waals surface area contributed by atoms with E-state index < -0.39 is 0 Å². The van der Waals surface area contributed by atoms with Gasteiger partial charge in [0.1, 0.15) is 0 Å². The molecule has 0 heterocycles. The van der Waals surface area contributed by atoms with Crippen molar-refractivity contribution >= 4 is 0 Å². The summed E-state index contributed by atoms with van der Waals surface area (Å²) in [6, 6.07) is 0. The van der Waals surface area contributed by atoms with Gasteiger partial charge in [-0.25, -0.2) is 0 Å². The van der Waals surface area contributed by atoms with Crippen molar-refractivity contribution in [2.75, 3.05) is 81.6 Å². The van der Waals surface area contributed by atoms with Crippen molar-refractivity contribution in [2.45, 2.75) is 6.10 Å². The molecule has 0 amide bonds. The van der Waals surface area contributed by atoms with Gasteiger partial charge in [0, 0.05) is 39.3 Å². The Kier molecular flexibility index (Phi) is 9.59. The lowest BCUT2D eigenvalue weighted by atomic mass is 10.3. The van der Waals surface area contributed by atoms with E-state index in [1.165, 1.54) is 0 Å². The fraction of sp³-hybridized carbons (Fsp3) is 1.00. The third-order valence-corrected chi connectivity index (χ3v) is 2.90. The normalized spacial score (nSPS) is 12.7. The van der Waals surface area contributed by atoms with Gasteiger partial charge >= 0.3 is 0 Å². The first-order valence-electron chi connectivity index (χ1n) is 6.66. The smallest absolute Gasteiger partial charge is 0.0793 e. The molecule has 0 aliphatic carbocycles. The van der Waals surface area contributed by atoms with E-state index in [0.29, 0.717) is 0 Å². The Labute approximate surface area is 113 Å². The summed E-state index contributed by atoms with van der Waals surface area (Å²) < 4.78 is 0. The van der Waals surface area contributed by atoms with Crippen molar-refractivity contribution in [1.29, 1.82) is 0 Å². The zero-order valence-electron chi connectivity index (χ0n) is 13.1. The maximum Gasteiger partial charge on any atom is 0.0793 e. The Morgan fingerprint density at radius 3 is 1.28 bits per heavy atom. The molecule has 0 aromatic heterocycles. The molecule has 0 aromatic rings. The van der Waals surface area contributed by atoms with Gasteiger partial charge in [-0.3, -0.25) is 0 Å². The third kappa shape index (κ3) is 10.9. The van der Waals surface area contributed by atoms with Gasteiger partial charge < -0.3 is 24.7 Å². The van der Waals surface area contributed by atoms with Crippen molar-refractivity contribution in [2.24, 2.45) is 0 Å². The number of rotatable bonds is 10. The molecule has 5 nitrogen and oxygen atoms in total. The molecule has 0 radical (unpaired) electrons. The fourth-order valence-corrected chi connectivity index (χ4v) is 1.70. The summed E-state index contributed by atoms with van der Waals surface area (Å²) in [5.41, 5.74) is 0. The Balaban J connectivity index is 3.71. The first-order valence-corrected chi connectivity index (χ1v) is 6.66. The molecule has 0 atom stereocenters. The molecule has 0 unspecified atom stereocenters. The summed E-state index contributed by atoms with van der Waals surface area (Å²) in [6.45, 7) is 5.51. The molecule has 0 aliphatic rings. The number of aliphatic hydroxyl groups excluding tert-OH is 1. The van der Waals surface area contributed by atoms with Gasteiger partial charge in [0.25, 0.3) is 0 Å². The fourth-order valence-electron chi connectivity index (χ4n) is 1.70. The first-order chi connectivity index (χ1) is 8.31. The number of aliphatic hydroxyl groups is 1. The Bertz CT molecular complexity index is 179. The topological polar surface area (TPSA) is 33.2 Å². The van der Waals surface area contributed by atoms with Gasteiger partial charge in [0.2, 0.25) is 0 Å². The van der Waals surface area contributed by atoms with Crippen LogP contribution in [0.2, 0.25) is 0 Å². The molecule has 0 saturated heterocycles. The van der Waals surface area contributed by atoms with E-state index >= 15 is 0 Å².